The lowest BCUT2D eigenvalue weighted by Gasteiger charge is -2.23. The Morgan fingerprint density at radius 3 is 2.52 bits per heavy atom. The summed E-state index contributed by atoms with van der Waals surface area (Å²) in [4.78, 5) is 27.2. The summed E-state index contributed by atoms with van der Waals surface area (Å²) >= 11 is 1.20. The largest absolute Gasteiger partial charge is 0.448 e. The monoisotopic (exact) mass is 363 g/mol. The van der Waals surface area contributed by atoms with Gasteiger partial charge in [0, 0.05) is 23.2 Å². The van der Waals surface area contributed by atoms with E-state index >= 15 is 0 Å². The Balaban J connectivity index is 1.74. The van der Waals surface area contributed by atoms with Crippen molar-refractivity contribution in [2.75, 3.05) is 13.1 Å². The van der Waals surface area contributed by atoms with Crippen LogP contribution in [0.2, 0.25) is 0 Å². The van der Waals surface area contributed by atoms with Gasteiger partial charge >= 0.3 is 5.97 Å². The van der Waals surface area contributed by atoms with Crippen LogP contribution >= 0.6 is 11.3 Å². The molecule has 0 saturated carbocycles. The molecule has 0 radical (unpaired) electrons. The molecule has 3 rings (SSSR count). The fraction of sp³-hybridized carbons (Fsp3) is 0.474. The van der Waals surface area contributed by atoms with E-state index in [1.807, 2.05) is 0 Å². The SMILES string of the molecule is Cc1c(C(=O)OC(C)C(=O)N2CCCCCC2)sc2cccc(F)c12. The summed E-state index contributed by atoms with van der Waals surface area (Å²) in [5.74, 6) is -1.06. The molecule has 0 bridgehead atoms. The second kappa shape index (κ2) is 7.52. The highest BCUT2D eigenvalue weighted by molar-refractivity contribution is 7.21. The fourth-order valence-corrected chi connectivity index (χ4v) is 4.37. The third kappa shape index (κ3) is 3.68. The van der Waals surface area contributed by atoms with Gasteiger partial charge in [0.1, 0.15) is 10.7 Å². The van der Waals surface area contributed by atoms with Gasteiger partial charge in [-0.05, 0) is 44.4 Å². The molecule has 4 nitrogen and oxygen atoms in total. The van der Waals surface area contributed by atoms with E-state index in [1.54, 1.807) is 30.9 Å². The molecule has 0 N–H and O–H groups in total. The lowest BCUT2D eigenvalue weighted by atomic mass is 10.1. The van der Waals surface area contributed by atoms with Crippen LogP contribution in [0.4, 0.5) is 4.39 Å². The summed E-state index contributed by atoms with van der Waals surface area (Å²) in [6.45, 7) is 4.75. The molecule has 1 aliphatic rings. The number of thiophene rings is 1. The summed E-state index contributed by atoms with van der Waals surface area (Å²) in [6.07, 6.45) is 3.40. The summed E-state index contributed by atoms with van der Waals surface area (Å²) in [5, 5.41) is 0.450. The lowest BCUT2D eigenvalue weighted by Crippen LogP contribution is -2.40. The first-order valence-electron chi connectivity index (χ1n) is 8.66. The number of nitrogens with zero attached hydrogens (tertiary/aromatic N) is 1. The molecule has 1 aromatic heterocycles. The molecule has 2 heterocycles. The van der Waals surface area contributed by atoms with E-state index in [0.717, 1.165) is 25.7 Å². The zero-order chi connectivity index (χ0) is 18.0. The zero-order valence-corrected chi connectivity index (χ0v) is 15.3. The van der Waals surface area contributed by atoms with Crippen LogP contribution in [-0.4, -0.2) is 36.0 Å². The normalized spacial score (nSPS) is 16.5. The van der Waals surface area contributed by atoms with Crippen molar-refractivity contribution in [2.24, 2.45) is 0 Å². The molecule has 25 heavy (non-hydrogen) atoms. The van der Waals surface area contributed by atoms with Crippen LogP contribution in [0.25, 0.3) is 10.1 Å². The Morgan fingerprint density at radius 1 is 1.20 bits per heavy atom. The van der Waals surface area contributed by atoms with Gasteiger partial charge in [-0.1, -0.05) is 18.9 Å². The van der Waals surface area contributed by atoms with Crippen LogP contribution in [0.3, 0.4) is 0 Å². The number of likely N-dealkylation sites (tertiary alicyclic amines) is 1. The average molecular weight is 363 g/mol. The third-order valence-electron chi connectivity index (χ3n) is 4.64. The summed E-state index contributed by atoms with van der Waals surface area (Å²) in [6, 6.07) is 4.77. The molecule has 1 aliphatic heterocycles. The van der Waals surface area contributed by atoms with Crippen LogP contribution in [0.15, 0.2) is 18.2 Å². The number of hydrogen-bond acceptors (Lipinski definition) is 4. The number of benzene rings is 1. The number of carbonyl (C=O) groups is 2. The quantitative estimate of drug-likeness (QED) is 0.764. The van der Waals surface area contributed by atoms with Gasteiger partial charge in [0.15, 0.2) is 6.10 Å². The Hall–Kier alpha value is -1.95. The van der Waals surface area contributed by atoms with Gasteiger partial charge in [0.05, 0.1) is 0 Å². The maximum Gasteiger partial charge on any atom is 0.349 e. The van der Waals surface area contributed by atoms with Crippen molar-refractivity contribution in [2.45, 2.75) is 45.6 Å². The van der Waals surface area contributed by atoms with Crippen molar-refractivity contribution in [3.05, 3.63) is 34.5 Å². The van der Waals surface area contributed by atoms with Crippen molar-refractivity contribution in [1.29, 1.82) is 0 Å². The number of esters is 1. The Bertz CT molecular complexity index is 793. The van der Waals surface area contributed by atoms with Gasteiger partial charge < -0.3 is 9.64 Å². The van der Waals surface area contributed by atoms with Crippen molar-refractivity contribution in [3.8, 4) is 0 Å². The third-order valence-corrected chi connectivity index (χ3v) is 5.87. The van der Waals surface area contributed by atoms with Gasteiger partial charge in [-0.25, -0.2) is 9.18 Å². The van der Waals surface area contributed by atoms with Crippen LogP contribution < -0.4 is 0 Å². The van der Waals surface area contributed by atoms with Crippen molar-refractivity contribution in [3.63, 3.8) is 0 Å². The van der Waals surface area contributed by atoms with Gasteiger partial charge in [0.2, 0.25) is 0 Å². The number of ether oxygens (including phenoxy) is 1. The zero-order valence-electron chi connectivity index (χ0n) is 14.5. The molecule has 1 amide bonds. The molecule has 0 spiro atoms. The summed E-state index contributed by atoms with van der Waals surface area (Å²) in [5.41, 5.74) is 0.567. The van der Waals surface area contributed by atoms with Crippen molar-refractivity contribution in [1.82, 2.24) is 4.90 Å². The molecule has 0 aliphatic carbocycles. The standard InChI is InChI=1S/C19H22FNO3S/c1-12-16-14(20)8-7-9-15(16)25-17(12)19(23)24-13(2)18(22)21-10-5-3-4-6-11-21/h7-9,13H,3-6,10-11H2,1-2H3. The van der Waals surface area contributed by atoms with Gasteiger partial charge in [-0.3, -0.25) is 4.79 Å². The maximum absolute atomic E-state index is 14.0. The predicted molar refractivity (Wildman–Crippen MR) is 96.4 cm³/mol. The van der Waals surface area contributed by atoms with Crippen LogP contribution in [0.5, 0.6) is 0 Å². The maximum atomic E-state index is 14.0. The number of hydrogen-bond donors (Lipinski definition) is 0. The van der Waals surface area contributed by atoms with Crippen molar-refractivity contribution < 1.29 is 18.7 Å². The van der Waals surface area contributed by atoms with Gasteiger partial charge in [0.25, 0.3) is 5.91 Å². The van der Waals surface area contributed by atoms with E-state index in [1.165, 1.54) is 17.4 Å². The molecule has 134 valence electrons. The minimum atomic E-state index is -0.833. The molecule has 1 atom stereocenters. The minimum Gasteiger partial charge on any atom is -0.448 e. The molecule has 1 fully saturated rings. The molecule has 1 unspecified atom stereocenters. The number of fused-ring (bicyclic) bond motifs is 1. The molecule has 1 saturated heterocycles. The van der Waals surface area contributed by atoms with E-state index in [0.29, 0.717) is 33.6 Å². The smallest absolute Gasteiger partial charge is 0.349 e. The number of halogens is 1. The number of aryl methyl sites for hydroxylation is 1. The highest BCUT2D eigenvalue weighted by atomic mass is 32.1. The predicted octanol–water partition coefficient (Wildman–Crippen LogP) is 4.30. The molecular formula is C19H22FNO3S. The van der Waals surface area contributed by atoms with Gasteiger partial charge in [-0.15, -0.1) is 11.3 Å². The minimum absolute atomic E-state index is 0.153. The Kier molecular flexibility index (Phi) is 5.37. The molecule has 2 aromatic rings. The second-order valence-corrected chi connectivity index (χ2v) is 7.51. The van der Waals surface area contributed by atoms with Crippen LogP contribution in [-0.2, 0) is 9.53 Å². The molecular weight excluding hydrogens is 341 g/mol. The molecule has 1 aromatic carbocycles. The second-order valence-electron chi connectivity index (χ2n) is 6.46. The first-order valence-corrected chi connectivity index (χ1v) is 9.48. The highest BCUT2D eigenvalue weighted by Crippen LogP contribution is 2.33. The lowest BCUT2D eigenvalue weighted by molar-refractivity contribution is -0.139. The number of amides is 1. The topological polar surface area (TPSA) is 46.6 Å². The van der Waals surface area contributed by atoms with Crippen LogP contribution in [0.1, 0.15) is 47.8 Å². The van der Waals surface area contributed by atoms with E-state index in [9.17, 15) is 14.0 Å². The first kappa shape index (κ1) is 17.9. The summed E-state index contributed by atoms with van der Waals surface area (Å²) < 4.78 is 20.1. The Morgan fingerprint density at radius 2 is 1.88 bits per heavy atom. The van der Waals surface area contributed by atoms with Crippen molar-refractivity contribution >= 4 is 33.3 Å². The van der Waals surface area contributed by atoms with E-state index in [-0.39, 0.29) is 11.7 Å². The van der Waals surface area contributed by atoms with Crippen LogP contribution in [0, 0.1) is 12.7 Å². The fourth-order valence-electron chi connectivity index (χ4n) is 3.26. The van der Waals surface area contributed by atoms with E-state index in [4.69, 9.17) is 4.74 Å². The first-order chi connectivity index (χ1) is 12.0. The average Bonchev–Trinajstić information content (AvgIpc) is 2.76. The van der Waals surface area contributed by atoms with E-state index in [2.05, 4.69) is 0 Å². The molecule has 6 heteroatoms. The highest BCUT2D eigenvalue weighted by Gasteiger charge is 2.27. The van der Waals surface area contributed by atoms with Gasteiger partial charge in [-0.2, -0.15) is 0 Å². The number of carbonyl (C=O) groups excluding carboxylic acids is 2. The number of rotatable bonds is 3. The Labute approximate surface area is 150 Å². The van der Waals surface area contributed by atoms with E-state index < -0.39 is 12.1 Å². The summed E-state index contributed by atoms with van der Waals surface area (Å²) in [7, 11) is 0.